The second kappa shape index (κ2) is 17.0. The maximum atomic E-state index is 15.7. The number of nitrogens with one attached hydrogen (secondary N) is 3. The zero-order chi connectivity index (χ0) is 43.0. The van der Waals surface area contributed by atoms with Crippen LogP contribution in [-0.4, -0.2) is 104 Å². The molecule has 2 fully saturated rings. The third-order valence-corrected chi connectivity index (χ3v) is 12.6. The third kappa shape index (κ3) is 8.55. The summed E-state index contributed by atoms with van der Waals surface area (Å²) < 4.78 is 84.4. The monoisotopic (exact) mass is 857 g/mol. The summed E-state index contributed by atoms with van der Waals surface area (Å²) in [6, 6.07) is 15.6. The molecule has 3 aliphatic heterocycles. The SMILES string of the molecule is C=C1CCC(N2Cc3cc(N(C)CCOCCOc4ccc(-c5cnc6[nH]cc(C(=O)c7c(F)ccc(NS(=O)(=O)N8CC[C@@H](F)C8)c7F)c6c5)cc4)ccc3C2=O)C(=O)N1. The van der Waals surface area contributed by atoms with Crippen molar-refractivity contribution in [2.24, 2.45) is 0 Å². The number of aromatic nitrogens is 2. The number of alkyl halides is 1. The number of hydrogen-bond acceptors (Lipinski definition) is 9. The molecule has 5 heterocycles. The van der Waals surface area contributed by atoms with Crippen LogP contribution in [0.15, 0.2) is 85.3 Å². The van der Waals surface area contributed by atoms with E-state index in [1.165, 1.54) is 6.20 Å². The van der Waals surface area contributed by atoms with E-state index >= 15 is 8.78 Å². The van der Waals surface area contributed by atoms with Gasteiger partial charge in [-0.25, -0.2) is 18.2 Å². The minimum absolute atomic E-state index is 0.00486. The number of benzene rings is 3. The molecule has 5 aromatic rings. The van der Waals surface area contributed by atoms with Crippen molar-refractivity contribution in [3.8, 4) is 16.9 Å². The molecule has 3 aromatic carbocycles. The van der Waals surface area contributed by atoms with Crippen molar-refractivity contribution in [2.45, 2.75) is 38.0 Å². The average Bonchev–Trinajstić information content (AvgIpc) is 3.97. The number of allylic oxidation sites excluding steroid dienone is 1. The summed E-state index contributed by atoms with van der Waals surface area (Å²) in [6.45, 7) is 5.33. The number of rotatable bonds is 15. The number of anilines is 2. The van der Waals surface area contributed by atoms with Crippen LogP contribution in [0.4, 0.5) is 24.5 Å². The van der Waals surface area contributed by atoms with Crippen molar-refractivity contribution in [1.82, 2.24) is 24.5 Å². The Bertz CT molecular complexity index is 2660. The largest absolute Gasteiger partial charge is 0.491 e. The third-order valence-electron chi connectivity index (χ3n) is 11.1. The summed E-state index contributed by atoms with van der Waals surface area (Å²) >= 11 is 0. The molecule has 0 radical (unpaired) electrons. The highest BCUT2D eigenvalue weighted by molar-refractivity contribution is 7.90. The van der Waals surface area contributed by atoms with Gasteiger partial charge in [-0.05, 0) is 78.9 Å². The maximum absolute atomic E-state index is 15.7. The van der Waals surface area contributed by atoms with Gasteiger partial charge in [0.15, 0.2) is 5.82 Å². The number of H-pyrrole nitrogens is 1. The Balaban J connectivity index is 0.836. The first-order valence-corrected chi connectivity index (χ1v) is 21.1. The Hall–Kier alpha value is -6.24. The quantitative estimate of drug-likeness (QED) is 0.0883. The fourth-order valence-electron chi connectivity index (χ4n) is 7.71. The van der Waals surface area contributed by atoms with Crippen LogP contribution in [0.25, 0.3) is 22.2 Å². The number of ether oxygens (including phenoxy) is 2. The number of ketones is 1. The molecule has 0 aliphatic carbocycles. The first-order valence-electron chi connectivity index (χ1n) is 19.6. The van der Waals surface area contributed by atoms with Gasteiger partial charge in [0, 0.05) is 79.1 Å². The Morgan fingerprint density at radius 3 is 2.59 bits per heavy atom. The number of carbonyl (C=O) groups excluding carboxylic acids is 3. The molecule has 2 saturated heterocycles. The Morgan fingerprint density at radius 2 is 1.84 bits per heavy atom. The molecule has 3 N–H and O–H groups in total. The van der Waals surface area contributed by atoms with Crippen LogP contribution in [0.1, 0.15) is 51.1 Å². The lowest BCUT2D eigenvalue weighted by molar-refractivity contribution is -0.126. The average molecular weight is 858 g/mol. The van der Waals surface area contributed by atoms with Gasteiger partial charge in [-0.2, -0.15) is 12.7 Å². The number of likely N-dealkylation sites (N-methyl/N-ethyl adjacent to an activating group) is 1. The second-order valence-corrected chi connectivity index (χ2v) is 16.8. The molecule has 2 amide bonds. The minimum atomic E-state index is -4.36. The van der Waals surface area contributed by atoms with E-state index in [0.29, 0.717) is 67.4 Å². The molecule has 14 nitrogen and oxygen atoms in total. The molecule has 2 aromatic heterocycles. The van der Waals surface area contributed by atoms with Gasteiger partial charge in [0.2, 0.25) is 11.7 Å². The number of fused-ring (bicyclic) bond motifs is 2. The number of nitrogens with zero attached hydrogens (tertiary/aromatic N) is 4. The van der Waals surface area contributed by atoms with Crippen molar-refractivity contribution in [3.05, 3.63) is 119 Å². The van der Waals surface area contributed by atoms with E-state index in [4.69, 9.17) is 9.47 Å². The molecule has 0 bridgehead atoms. The van der Waals surface area contributed by atoms with E-state index in [-0.39, 0.29) is 42.3 Å². The number of pyridine rings is 1. The minimum Gasteiger partial charge on any atom is -0.491 e. The highest BCUT2D eigenvalue weighted by Gasteiger charge is 2.38. The van der Waals surface area contributed by atoms with E-state index in [0.717, 1.165) is 33.3 Å². The van der Waals surface area contributed by atoms with Gasteiger partial charge in [0.25, 0.3) is 5.91 Å². The lowest BCUT2D eigenvalue weighted by atomic mass is 10.00. The van der Waals surface area contributed by atoms with Gasteiger partial charge >= 0.3 is 10.2 Å². The smallest absolute Gasteiger partial charge is 0.301 e. The molecule has 18 heteroatoms. The normalized spacial score (nSPS) is 18.1. The number of amides is 2. The highest BCUT2D eigenvalue weighted by Crippen LogP contribution is 2.33. The van der Waals surface area contributed by atoms with Crippen LogP contribution in [0.2, 0.25) is 0 Å². The molecule has 8 rings (SSSR count). The van der Waals surface area contributed by atoms with Crippen LogP contribution < -0.4 is 19.7 Å². The predicted octanol–water partition coefficient (Wildman–Crippen LogP) is 5.72. The first kappa shape index (κ1) is 41.5. The molecule has 61 heavy (non-hydrogen) atoms. The fraction of sp³-hybridized carbons (Fsp3) is 0.302. The molecule has 3 aliphatic rings. The summed E-state index contributed by atoms with van der Waals surface area (Å²) in [7, 11) is -2.42. The molecule has 0 saturated carbocycles. The predicted molar refractivity (Wildman–Crippen MR) is 221 cm³/mol. The Morgan fingerprint density at radius 1 is 1.03 bits per heavy atom. The lowest BCUT2D eigenvalue weighted by Crippen LogP contribution is -2.49. The van der Waals surface area contributed by atoms with E-state index in [9.17, 15) is 27.2 Å². The first-order chi connectivity index (χ1) is 29.3. The van der Waals surface area contributed by atoms with Crippen LogP contribution in [0.5, 0.6) is 5.75 Å². The molecule has 2 atom stereocenters. The van der Waals surface area contributed by atoms with E-state index < -0.39 is 57.6 Å². The summed E-state index contributed by atoms with van der Waals surface area (Å²) in [5, 5.41) is 3.05. The van der Waals surface area contributed by atoms with Crippen LogP contribution >= 0.6 is 0 Å². The number of piperidine rings is 1. The Labute approximate surface area is 349 Å². The van der Waals surface area contributed by atoms with Gasteiger partial charge < -0.3 is 29.6 Å². The molecule has 0 spiro atoms. The second-order valence-electron chi connectivity index (χ2n) is 15.1. The van der Waals surface area contributed by atoms with E-state index in [1.54, 1.807) is 41.4 Å². The van der Waals surface area contributed by atoms with Crippen molar-refractivity contribution in [2.75, 3.05) is 56.1 Å². The molecular formula is C43H42F3N7O7S. The number of halogens is 3. The summed E-state index contributed by atoms with van der Waals surface area (Å²) in [6.07, 6.45) is 2.69. The molecular weight excluding hydrogens is 816 g/mol. The van der Waals surface area contributed by atoms with Gasteiger partial charge in [-0.1, -0.05) is 18.7 Å². The van der Waals surface area contributed by atoms with Crippen LogP contribution in [0.3, 0.4) is 0 Å². The maximum Gasteiger partial charge on any atom is 0.301 e. The Kier molecular flexibility index (Phi) is 11.6. The van der Waals surface area contributed by atoms with Crippen LogP contribution in [0, 0.1) is 11.6 Å². The summed E-state index contributed by atoms with van der Waals surface area (Å²) in [5.41, 5.74) is 3.02. The van der Waals surface area contributed by atoms with E-state index in [2.05, 4.69) is 21.9 Å². The number of carbonyl (C=O) groups is 3. The summed E-state index contributed by atoms with van der Waals surface area (Å²) in [5.74, 6) is -3.38. The van der Waals surface area contributed by atoms with Crippen molar-refractivity contribution < 1.29 is 45.4 Å². The number of aromatic amines is 1. The topological polar surface area (TPSA) is 166 Å². The van der Waals surface area contributed by atoms with Gasteiger partial charge in [-0.3, -0.25) is 19.1 Å². The zero-order valence-corrected chi connectivity index (χ0v) is 33.9. The van der Waals surface area contributed by atoms with Crippen molar-refractivity contribution in [3.63, 3.8) is 0 Å². The van der Waals surface area contributed by atoms with Gasteiger partial charge in [-0.15, -0.1) is 0 Å². The lowest BCUT2D eigenvalue weighted by Gasteiger charge is -2.30. The summed E-state index contributed by atoms with van der Waals surface area (Å²) in [4.78, 5) is 50.1. The van der Waals surface area contributed by atoms with Gasteiger partial charge in [0.1, 0.15) is 36.0 Å². The number of hydrogen-bond donors (Lipinski definition) is 3. The fourth-order valence-corrected chi connectivity index (χ4v) is 8.97. The van der Waals surface area contributed by atoms with Gasteiger partial charge in [0.05, 0.1) is 24.5 Å². The van der Waals surface area contributed by atoms with Crippen molar-refractivity contribution >= 4 is 50.2 Å². The standard InChI is InChI=1S/C43H42F3N7O7S/c1-25-3-12-37(42(55)49-25)53-23-28-19-30(6-9-32(28)43(53)56)51(2)15-16-59-17-18-60-31-7-4-26(5-8-31)27-20-33-34(22-48-41(33)47-21-27)40(54)38-35(45)10-11-36(39(38)46)50-61(57,58)52-14-13-29(44)24-52/h4-11,19-22,29,37,50H,1,3,12-18,23-24H2,2H3,(H,47,48)(H,49,55)/t29-,37?/m1/s1. The van der Waals surface area contributed by atoms with Crippen molar-refractivity contribution in [1.29, 1.82) is 0 Å². The molecule has 1 unspecified atom stereocenters. The zero-order valence-electron chi connectivity index (χ0n) is 33.0. The highest BCUT2D eigenvalue weighted by atomic mass is 32.2. The van der Waals surface area contributed by atoms with Crippen LogP contribution in [-0.2, 0) is 26.3 Å². The molecule has 318 valence electrons. The van der Waals surface area contributed by atoms with E-state index in [1.807, 2.05) is 34.9 Å².